The summed E-state index contributed by atoms with van der Waals surface area (Å²) < 4.78 is 16.2. The van der Waals surface area contributed by atoms with Crippen molar-refractivity contribution in [3.63, 3.8) is 0 Å². The van der Waals surface area contributed by atoms with Gasteiger partial charge in [-0.05, 0) is 35.0 Å². The minimum Gasteiger partial charge on any atom is -0.450 e. The molecule has 7 nitrogen and oxygen atoms in total. The number of esters is 1. The van der Waals surface area contributed by atoms with E-state index >= 15 is 0 Å². The first-order valence-electron chi connectivity index (χ1n) is 5.80. The molecule has 21 heavy (non-hydrogen) atoms. The van der Waals surface area contributed by atoms with Crippen molar-refractivity contribution in [3.8, 4) is 10.8 Å². The van der Waals surface area contributed by atoms with Crippen LogP contribution in [0.5, 0.6) is 0 Å². The molecule has 3 heterocycles. The number of aromatic nitrogens is 3. The fraction of sp³-hybridized carbons (Fsp3) is 0.167. The minimum absolute atomic E-state index is 0.0365. The Morgan fingerprint density at radius 3 is 2.95 bits per heavy atom. The van der Waals surface area contributed by atoms with E-state index in [0.29, 0.717) is 11.6 Å². The predicted octanol–water partition coefficient (Wildman–Crippen LogP) is 3.21. The second-order valence-corrected chi connectivity index (χ2v) is 6.48. The summed E-state index contributed by atoms with van der Waals surface area (Å²) in [5.41, 5.74) is 0.602. The summed E-state index contributed by atoms with van der Waals surface area (Å²) in [6, 6.07) is 5.23. The summed E-state index contributed by atoms with van der Waals surface area (Å²) >= 11 is 4.82. The lowest BCUT2D eigenvalue weighted by atomic mass is 10.4. The maximum absolute atomic E-state index is 11.7. The second-order valence-electron chi connectivity index (χ2n) is 4.01. The third-order valence-electron chi connectivity index (χ3n) is 2.41. The Morgan fingerprint density at radius 1 is 1.43 bits per heavy atom. The number of hydrogen-bond acceptors (Lipinski definition) is 8. The van der Waals surface area contributed by atoms with Crippen LogP contribution in [0.25, 0.3) is 10.8 Å². The monoisotopic (exact) mass is 369 g/mol. The first-order valence-corrected chi connectivity index (χ1v) is 7.41. The number of ether oxygens (including phenoxy) is 1. The van der Waals surface area contributed by atoms with Crippen LogP contribution < -0.4 is 0 Å². The van der Waals surface area contributed by atoms with Crippen LogP contribution in [-0.2, 0) is 11.3 Å². The molecule has 0 atom stereocenters. The Kier molecular flexibility index (Phi) is 3.84. The molecule has 0 saturated heterocycles. The van der Waals surface area contributed by atoms with Gasteiger partial charge in [0.2, 0.25) is 5.76 Å². The fourth-order valence-corrected chi connectivity index (χ4v) is 2.81. The van der Waals surface area contributed by atoms with E-state index in [1.54, 1.807) is 6.92 Å². The maximum atomic E-state index is 11.7. The molecule has 3 aromatic rings. The molecule has 0 aliphatic carbocycles. The van der Waals surface area contributed by atoms with E-state index in [9.17, 15) is 4.79 Å². The first-order chi connectivity index (χ1) is 10.1. The van der Waals surface area contributed by atoms with E-state index in [1.165, 1.54) is 17.4 Å². The number of aryl methyl sites for hydroxylation is 1. The molecular weight excluding hydrogens is 362 g/mol. The van der Waals surface area contributed by atoms with Crippen molar-refractivity contribution in [2.45, 2.75) is 13.5 Å². The number of thiophene rings is 1. The SMILES string of the molecule is Cc1cc(C(=O)OCc2nnc(-c3ccc(Br)s3)o2)on1. The summed E-state index contributed by atoms with van der Waals surface area (Å²) in [6.07, 6.45) is 0. The Labute approximate surface area is 131 Å². The number of halogens is 1. The van der Waals surface area contributed by atoms with Crippen LogP contribution in [0.3, 0.4) is 0 Å². The van der Waals surface area contributed by atoms with Gasteiger partial charge in [-0.2, -0.15) is 0 Å². The molecular formula is C12H8BrN3O4S. The largest absolute Gasteiger partial charge is 0.450 e. The van der Waals surface area contributed by atoms with Gasteiger partial charge >= 0.3 is 5.97 Å². The number of rotatable bonds is 4. The average Bonchev–Trinajstić information content (AvgIpc) is 3.16. The zero-order valence-electron chi connectivity index (χ0n) is 10.7. The molecule has 0 aromatic carbocycles. The van der Waals surface area contributed by atoms with E-state index < -0.39 is 5.97 Å². The molecule has 0 radical (unpaired) electrons. The van der Waals surface area contributed by atoms with Crippen molar-refractivity contribution in [2.75, 3.05) is 0 Å². The molecule has 0 N–H and O–H groups in total. The molecule has 0 saturated carbocycles. The standard InChI is InChI=1S/C12H8BrN3O4S/c1-6-4-7(20-16-6)12(17)18-5-10-14-15-11(19-10)8-2-3-9(13)21-8/h2-4H,5H2,1H3. The smallest absolute Gasteiger partial charge is 0.377 e. The summed E-state index contributed by atoms with van der Waals surface area (Å²) in [7, 11) is 0. The first kappa shape index (κ1) is 14.0. The van der Waals surface area contributed by atoms with Gasteiger partial charge in [0, 0.05) is 6.07 Å². The van der Waals surface area contributed by atoms with E-state index in [0.717, 1.165) is 8.66 Å². The van der Waals surface area contributed by atoms with Crippen molar-refractivity contribution in [2.24, 2.45) is 0 Å². The van der Waals surface area contributed by atoms with Gasteiger partial charge < -0.3 is 13.7 Å². The van der Waals surface area contributed by atoms with Crippen molar-refractivity contribution in [1.82, 2.24) is 15.4 Å². The van der Waals surface area contributed by atoms with Crippen molar-refractivity contribution < 1.29 is 18.5 Å². The highest BCUT2D eigenvalue weighted by molar-refractivity contribution is 9.11. The molecule has 0 amide bonds. The fourth-order valence-electron chi connectivity index (χ4n) is 1.50. The molecule has 0 bridgehead atoms. The van der Waals surface area contributed by atoms with Crippen molar-refractivity contribution in [3.05, 3.63) is 39.3 Å². The van der Waals surface area contributed by atoms with Gasteiger partial charge in [-0.25, -0.2) is 4.79 Å². The van der Waals surface area contributed by atoms with Gasteiger partial charge in [0.25, 0.3) is 11.8 Å². The molecule has 0 aliphatic rings. The highest BCUT2D eigenvalue weighted by Crippen LogP contribution is 2.30. The van der Waals surface area contributed by atoms with Gasteiger partial charge in [0.05, 0.1) is 14.4 Å². The van der Waals surface area contributed by atoms with E-state index in [4.69, 9.17) is 13.7 Å². The lowest BCUT2D eigenvalue weighted by molar-refractivity contribution is 0.0392. The maximum Gasteiger partial charge on any atom is 0.377 e. The molecule has 3 rings (SSSR count). The van der Waals surface area contributed by atoms with Gasteiger partial charge in [-0.1, -0.05) is 5.16 Å². The normalized spacial score (nSPS) is 10.8. The molecule has 3 aromatic heterocycles. The molecule has 0 spiro atoms. The Hall–Kier alpha value is -2.00. The Bertz CT molecular complexity index is 779. The van der Waals surface area contributed by atoms with Crippen molar-refractivity contribution in [1.29, 1.82) is 0 Å². The quantitative estimate of drug-likeness (QED) is 0.651. The summed E-state index contributed by atoms with van der Waals surface area (Å²) in [4.78, 5) is 12.5. The molecule has 0 aliphatic heterocycles. The average molecular weight is 370 g/mol. The lowest BCUT2D eigenvalue weighted by Crippen LogP contribution is -2.04. The number of nitrogens with zero attached hydrogens (tertiary/aromatic N) is 3. The van der Waals surface area contributed by atoms with Crippen molar-refractivity contribution >= 4 is 33.2 Å². The lowest BCUT2D eigenvalue weighted by Gasteiger charge is -1.97. The van der Waals surface area contributed by atoms with Crippen LogP contribution in [-0.4, -0.2) is 21.3 Å². The van der Waals surface area contributed by atoms with Crippen LogP contribution in [0.4, 0.5) is 0 Å². The zero-order valence-corrected chi connectivity index (χ0v) is 13.1. The van der Waals surface area contributed by atoms with Crippen LogP contribution in [0, 0.1) is 6.92 Å². The third kappa shape index (κ3) is 3.19. The summed E-state index contributed by atoms with van der Waals surface area (Å²) in [5.74, 6) is -0.00462. The highest BCUT2D eigenvalue weighted by Gasteiger charge is 2.16. The van der Waals surface area contributed by atoms with Gasteiger partial charge in [-0.15, -0.1) is 21.5 Å². The Morgan fingerprint density at radius 2 is 2.29 bits per heavy atom. The Balaban J connectivity index is 1.64. The number of carbonyl (C=O) groups is 1. The van der Waals surface area contributed by atoms with Gasteiger partial charge in [0.1, 0.15) is 0 Å². The van der Waals surface area contributed by atoms with E-state index in [1.807, 2.05) is 12.1 Å². The third-order valence-corrected chi connectivity index (χ3v) is 4.02. The number of carbonyl (C=O) groups excluding carboxylic acids is 1. The van der Waals surface area contributed by atoms with Crippen LogP contribution in [0.15, 0.2) is 30.9 Å². The van der Waals surface area contributed by atoms with Crippen LogP contribution in [0.2, 0.25) is 0 Å². The molecule has 108 valence electrons. The molecule has 0 fully saturated rings. The highest BCUT2D eigenvalue weighted by atomic mass is 79.9. The van der Waals surface area contributed by atoms with Crippen LogP contribution in [0.1, 0.15) is 22.1 Å². The number of hydrogen-bond donors (Lipinski definition) is 0. The minimum atomic E-state index is -0.630. The molecule has 0 unspecified atom stereocenters. The predicted molar refractivity (Wildman–Crippen MR) is 75.7 cm³/mol. The van der Waals surface area contributed by atoms with E-state index in [2.05, 4.69) is 31.3 Å². The van der Waals surface area contributed by atoms with Gasteiger partial charge in [0.15, 0.2) is 6.61 Å². The zero-order chi connectivity index (χ0) is 14.8. The molecule has 9 heteroatoms. The summed E-state index contributed by atoms with van der Waals surface area (Å²) in [6.45, 7) is 1.59. The summed E-state index contributed by atoms with van der Waals surface area (Å²) in [5, 5.41) is 11.3. The topological polar surface area (TPSA) is 91.2 Å². The second kappa shape index (κ2) is 5.78. The van der Waals surface area contributed by atoms with E-state index in [-0.39, 0.29) is 18.3 Å². The van der Waals surface area contributed by atoms with Crippen LogP contribution >= 0.6 is 27.3 Å². The van der Waals surface area contributed by atoms with Gasteiger partial charge in [-0.3, -0.25) is 0 Å².